The number of hydrogen-bond donors (Lipinski definition) is 0. The van der Waals surface area contributed by atoms with E-state index in [4.69, 9.17) is 4.74 Å². The molecule has 3 aromatic rings. The summed E-state index contributed by atoms with van der Waals surface area (Å²) < 4.78 is 47.4. The highest BCUT2D eigenvalue weighted by Crippen LogP contribution is 2.30. The summed E-state index contributed by atoms with van der Waals surface area (Å²) in [6.45, 7) is 0.578. The summed E-state index contributed by atoms with van der Waals surface area (Å²) in [6.07, 6.45) is 3.81. The number of halogens is 1. The quantitative estimate of drug-likeness (QED) is 0.635. The van der Waals surface area contributed by atoms with E-state index in [1.165, 1.54) is 46.7 Å². The van der Waals surface area contributed by atoms with Crippen LogP contribution in [0.25, 0.3) is 11.3 Å². The molecule has 2 aromatic carbocycles. The Bertz CT molecular complexity index is 1150. The van der Waals surface area contributed by atoms with Crippen LogP contribution in [0.5, 0.6) is 5.75 Å². The minimum atomic E-state index is -3.70. The van der Waals surface area contributed by atoms with Crippen molar-refractivity contribution in [2.24, 2.45) is 0 Å². The lowest BCUT2D eigenvalue weighted by Gasteiger charge is -2.26. The van der Waals surface area contributed by atoms with E-state index < -0.39 is 10.0 Å². The molecule has 0 unspecified atom stereocenters. The molecule has 0 N–H and O–H groups in total. The van der Waals surface area contributed by atoms with Gasteiger partial charge in [0, 0.05) is 19.2 Å². The second-order valence-electron chi connectivity index (χ2n) is 6.44. The summed E-state index contributed by atoms with van der Waals surface area (Å²) in [4.78, 5) is 0.129. The van der Waals surface area contributed by atoms with Crippen LogP contribution in [-0.4, -0.2) is 53.1 Å². The normalized spacial score (nSPS) is 15.2. The predicted octanol–water partition coefficient (Wildman–Crippen LogP) is 2.29. The van der Waals surface area contributed by atoms with E-state index in [2.05, 4.69) is 15.5 Å². The second-order valence-corrected chi connectivity index (χ2v) is 8.38. The average Bonchev–Trinajstić information content (AvgIpc) is 3.28. The van der Waals surface area contributed by atoms with Crippen LogP contribution in [0.1, 0.15) is 12.0 Å². The van der Waals surface area contributed by atoms with E-state index in [1.807, 2.05) is 6.08 Å². The fourth-order valence-electron chi connectivity index (χ4n) is 3.22. The summed E-state index contributed by atoms with van der Waals surface area (Å²) >= 11 is 0. The Hall–Kier alpha value is -3.11. The van der Waals surface area contributed by atoms with Gasteiger partial charge in [0.1, 0.15) is 23.6 Å². The van der Waals surface area contributed by atoms with Crippen molar-refractivity contribution in [3.63, 3.8) is 0 Å². The molecule has 0 atom stereocenters. The predicted molar refractivity (Wildman–Crippen MR) is 103 cm³/mol. The lowest BCUT2D eigenvalue weighted by Crippen LogP contribution is -2.34. The zero-order valence-corrected chi connectivity index (χ0v) is 16.4. The molecule has 0 spiro atoms. The highest BCUT2D eigenvalue weighted by atomic mass is 32.2. The third-order valence-corrected chi connectivity index (χ3v) is 6.63. The Morgan fingerprint density at radius 2 is 1.93 bits per heavy atom. The van der Waals surface area contributed by atoms with E-state index in [-0.39, 0.29) is 17.3 Å². The van der Waals surface area contributed by atoms with Gasteiger partial charge in [-0.3, -0.25) is 0 Å². The summed E-state index contributed by atoms with van der Waals surface area (Å²) in [5, 5.41) is 11.0. The smallest absolute Gasteiger partial charge is 0.243 e. The lowest BCUT2D eigenvalue weighted by molar-refractivity contribution is 0.408. The highest BCUT2D eigenvalue weighted by Gasteiger charge is 2.27. The molecule has 0 amide bonds. The number of sulfonamides is 1. The molecule has 0 saturated heterocycles. The summed E-state index contributed by atoms with van der Waals surface area (Å²) in [5.41, 5.74) is 2.44. The van der Waals surface area contributed by atoms with Crippen molar-refractivity contribution >= 4 is 15.6 Å². The fraction of sp³-hybridized carbons (Fsp3) is 0.211. The molecule has 1 aromatic heterocycles. The van der Waals surface area contributed by atoms with Gasteiger partial charge in [-0.1, -0.05) is 18.2 Å². The van der Waals surface area contributed by atoms with Gasteiger partial charge in [-0.2, -0.15) is 8.99 Å². The van der Waals surface area contributed by atoms with Crippen LogP contribution in [-0.2, 0) is 10.0 Å². The number of rotatable bonds is 5. The summed E-state index contributed by atoms with van der Waals surface area (Å²) in [7, 11) is -2.25. The molecule has 0 fully saturated rings. The van der Waals surface area contributed by atoms with E-state index in [0.29, 0.717) is 24.4 Å². The first-order valence-electron chi connectivity index (χ1n) is 8.85. The zero-order chi connectivity index (χ0) is 20.4. The molecule has 0 radical (unpaired) electrons. The monoisotopic (exact) mass is 415 g/mol. The molecule has 0 bridgehead atoms. The van der Waals surface area contributed by atoms with E-state index >= 15 is 0 Å². The fourth-order valence-corrected chi connectivity index (χ4v) is 4.62. The Kier molecular flexibility index (Phi) is 5.12. The number of ether oxygens (including phenoxy) is 1. The van der Waals surface area contributed by atoms with Gasteiger partial charge in [-0.15, -0.1) is 5.10 Å². The topological polar surface area (TPSA) is 90.2 Å². The molecule has 1 aliphatic heterocycles. The SMILES string of the molecule is COc1cc(S(=O)(=O)N2CC=C(c3ccc(F)cc3)CC2)ccc1-n1cnnn1. The van der Waals surface area contributed by atoms with Gasteiger partial charge in [-0.05, 0) is 52.2 Å². The zero-order valence-electron chi connectivity index (χ0n) is 15.6. The van der Waals surface area contributed by atoms with E-state index in [1.54, 1.807) is 18.2 Å². The van der Waals surface area contributed by atoms with Crippen LogP contribution < -0.4 is 4.74 Å². The molecule has 0 aliphatic carbocycles. The van der Waals surface area contributed by atoms with Gasteiger partial charge >= 0.3 is 0 Å². The van der Waals surface area contributed by atoms with Crippen LogP contribution in [0, 0.1) is 5.82 Å². The minimum Gasteiger partial charge on any atom is -0.494 e. The maximum atomic E-state index is 13.1. The molecule has 2 heterocycles. The molecule has 1 aliphatic rings. The summed E-state index contributed by atoms with van der Waals surface area (Å²) in [5.74, 6) is 0.0476. The van der Waals surface area contributed by atoms with Gasteiger partial charge in [0.05, 0.1) is 12.0 Å². The number of aromatic nitrogens is 4. The van der Waals surface area contributed by atoms with E-state index in [9.17, 15) is 12.8 Å². The van der Waals surface area contributed by atoms with Crippen LogP contribution in [0.3, 0.4) is 0 Å². The number of methoxy groups -OCH3 is 1. The number of benzene rings is 2. The molecular weight excluding hydrogens is 397 g/mol. The molecule has 150 valence electrons. The van der Waals surface area contributed by atoms with Gasteiger partial charge in [-0.25, -0.2) is 12.8 Å². The van der Waals surface area contributed by atoms with Gasteiger partial charge in [0.15, 0.2) is 0 Å². The van der Waals surface area contributed by atoms with E-state index in [0.717, 1.165) is 11.1 Å². The first-order chi connectivity index (χ1) is 14.0. The van der Waals surface area contributed by atoms with Crippen molar-refractivity contribution in [2.45, 2.75) is 11.3 Å². The van der Waals surface area contributed by atoms with Crippen molar-refractivity contribution in [1.82, 2.24) is 24.5 Å². The third-order valence-electron chi connectivity index (χ3n) is 4.77. The molecule has 0 saturated carbocycles. The Morgan fingerprint density at radius 1 is 1.14 bits per heavy atom. The second kappa shape index (κ2) is 7.72. The number of nitrogens with zero attached hydrogens (tertiary/aromatic N) is 5. The Morgan fingerprint density at radius 3 is 2.55 bits per heavy atom. The van der Waals surface area contributed by atoms with Crippen molar-refractivity contribution < 1.29 is 17.5 Å². The lowest BCUT2D eigenvalue weighted by atomic mass is 10.0. The molecule has 8 nitrogen and oxygen atoms in total. The minimum absolute atomic E-state index is 0.129. The molecule has 4 rings (SSSR count). The van der Waals surface area contributed by atoms with Crippen molar-refractivity contribution in [2.75, 3.05) is 20.2 Å². The number of hydrogen-bond acceptors (Lipinski definition) is 6. The largest absolute Gasteiger partial charge is 0.494 e. The first kappa shape index (κ1) is 19.2. The maximum Gasteiger partial charge on any atom is 0.243 e. The highest BCUT2D eigenvalue weighted by molar-refractivity contribution is 7.89. The maximum absolute atomic E-state index is 13.1. The molecule has 29 heavy (non-hydrogen) atoms. The van der Waals surface area contributed by atoms with Crippen LogP contribution in [0.15, 0.2) is 59.8 Å². The molecular formula is C19H18FN5O3S. The molecule has 10 heteroatoms. The van der Waals surface area contributed by atoms with Gasteiger partial charge in [0.25, 0.3) is 0 Å². The first-order valence-corrected chi connectivity index (χ1v) is 10.3. The van der Waals surface area contributed by atoms with Crippen molar-refractivity contribution in [3.8, 4) is 11.4 Å². The number of tetrazole rings is 1. The Labute approximate surface area is 167 Å². The van der Waals surface area contributed by atoms with Crippen LogP contribution in [0.4, 0.5) is 4.39 Å². The van der Waals surface area contributed by atoms with Gasteiger partial charge < -0.3 is 4.74 Å². The van der Waals surface area contributed by atoms with Crippen LogP contribution in [0.2, 0.25) is 0 Å². The van der Waals surface area contributed by atoms with Crippen molar-refractivity contribution in [1.29, 1.82) is 0 Å². The van der Waals surface area contributed by atoms with Gasteiger partial charge in [0.2, 0.25) is 10.0 Å². The standard InChI is InChI=1S/C19H18FN5O3S/c1-28-19-12-17(6-7-18(19)25-13-21-22-23-25)29(26,27)24-10-8-15(9-11-24)14-2-4-16(20)5-3-14/h2-8,12-13H,9-11H2,1H3. The summed E-state index contributed by atoms with van der Waals surface area (Å²) in [6, 6.07) is 10.8. The van der Waals surface area contributed by atoms with Crippen molar-refractivity contribution in [3.05, 3.63) is 66.2 Å². The average molecular weight is 415 g/mol. The Balaban J connectivity index is 1.58. The third kappa shape index (κ3) is 3.76. The van der Waals surface area contributed by atoms with Crippen LogP contribution >= 0.6 is 0 Å².